The predicted octanol–water partition coefficient (Wildman–Crippen LogP) is 1.04. The average Bonchev–Trinajstić information content (AvgIpc) is 2.87. The van der Waals surface area contributed by atoms with E-state index < -0.39 is 5.60 Å². The predicted molar refractivity (Wildman–Crippen MR) is 90.8 cm³/mol. The molecule has 24 heavy (non-hydrogen) atoms. The Balaban J connectivity index is 1.30. The van der Waals surface area contributed by atoms with Gasteiger partial charge in [-0.05, 0) is 33.1 Å². The zero-order valence-electron chi connectivity index (χ0n) is 15.0. The maximum absolute atomic E-state index is 12.7. The van der Waals surface area contributed by atoms with E-state index in [9.17, 15) is 9.90 Å². The molecule has 2 N–H and O–H groups in total. The summed E-state index contributed by atoms with van der Waals surface area (Å²) in [7, 11) is 0. The largest absolute Gasteiger partial charge is 0.389 e. The summed E-state index contributed by atoms with van der Waals surface area (Å²) in [5.41, 5.74) is -0.427. The van der Waals surface area contributed by atoms with Crippen LogP contribution in [0.2, 0.25) is 0 Å². The van der Waals surface area contributed by atoms with Crippen molar-refractivity contribution in [1.82, 2.24) is 15.1 Å². The van der Waals surface area contributed by atoms with Gasteiger partial charge in [0.25, 0.3) is 0 Å². The third-order valence-corrected chi connectivity index (χ3v) is 6.59. The van der Waals surface area contributed by atoms with Crippen molar-refractivity contribution in [2.24, 2.45) is 11.3 Å². The van der Waals surface area contributed by atoms with Crippen LogP contribution >= 0.6 is 0 Å². The Morgan fingerprint density at radius 3 is 2.58 bits per heavy atom. The highest BCUT2D eigenvalue weighted by Crippen LogP contribution is 2.62. The van der Waals surface area contributed by atoms with Crippen molar-refractivity contribution in [3.63, 3.8) is 0 Å². The molecule has 3 atom stereocenters. The number of amides is 2. The Bertz CT molecular complexity index is 492. The van der Waals surface area contributed by atoms with Crippen LogP contribution in [0.25, 0.3) is 0 Å². The second-order valence-electron chi connectivity index (χ2n) is 8.83. The van der Waals surface area contributed by atoms with E-state index in [2.05, 4.69) is 10.2 Å². The lowest BCUT2D eigenvalue weighted by molar-refractivity contribution is -0.172. The average molecular weight is 337 g/mol. The summed E-state index contributed by atoms with van der Waals surface area (Å²) < 4.78 is 5.93. The van der Waals surface area contributed by atoms with E-state index in [1.165, 1.54) is 19.3 Å². The van der Waals surface area contributed by atoms with Crippen molar-refractivity contribution in [2.75, 3.05) is 39.3 Å². The summed E-state index contributed by atoms with van der Waals surface area (Å²) in [5, 5.41) is 13.3. The lowest BCUT2D eigenvalue weighted by Gasteiger charge is -2.63. The fourth-order valence-corrected chi connectivity index (χ4v) is 5.34. The standard InChI is InChI=1S/C18H31N3O3/c1-17(2,23)12-20-7-9-21(10-8-20)16(22)19-14-13-4-11-24-15(13)18(14)5-3-6-18/h13-15,23H,3-12H2,1-2H3,(H,19,22)/t13-,14-,15+/m1/s1. The van der Waals surface area contributed by atoms with Crippen LogP contribution in [0.15, 0.2) is 0 Å². The fraction of sp³-hybridized carbons (Fsp3) is 0.944. The minimum Gasteiger partial charge on any atom is -0.389 e. The second kappa shape index (κ2) is 5.85. The van der Waals surface area contributed by atoms with Crippen molar-refractivity contribution in [2.45, 2.75) is 57.3 Å². The van der Waals surface area contributed by atoms with Gasteiger partial charge < -0.3 is 20.1 Å². The van der Waals surface area contributed by atoms with E-state index in [0.717, 1.165) is 39.2 Å². The van der Waals surface area contributed by atoms with Crippen molar-refractivity contribution >= 4 is 6.03 Å². The molecule has 4 rings (SSSR count). The van der Waals surface area contributed by atoms with Crippen molar-refractivity contribution in [3.8, 4) is 0 Å². The Kier molecular flexibility index (Phi) is 4.05. The van der Waals surface area contributed by atoms with Crippen LogP contribution in [0.5, 0.6) is 0 Å². The van der Waals surface area contributed by atoms with Gasteiger partial charge in [0.1, 0.15) is 0 Å². The Morgan fingerprint density at radius 1 is 1.29 bits per heavy atom. The summed E-state index contributed by atoms with van der Waals surface area (Å²) in [6.45, 7) is 8.35. The number of nitrogens with one attached hydrogen (secondary N) is 1. The normalized spacial score (nSPS) is 35.3. The highest BCUT2D eigenvalue weighted by atomic mass is 16.5. The number of nitrogens with zero attached hydrogens (tertiary/aromatic N) is 2. The molecule has 0 unspecified atom stereocenters. The first-order chi connectivity index (χ1) is 11.4. The topological polar surface area (TPSA) is 65.0 Å². The molecule has 0 radical (unpaired) electrons. The van der Waals surface area contributed by atoms with Crippen LogP contribution in [-0.4, -0.2) is 78.0 Å². The molecule has 4 fully saturated rings. The van der Waals surface area contributed by atoms with Crippen LogP contribution in [0, 0.1) is 11.3 Å². The van der Waals surface area contributed by atoms with Gasteiger partial charge in [-0.25, -0.2) is 4.79 Å². The minimum atomic E-state index is -0.676. The molecule has 4 aliphatic rings. The molecular weight excluding hydrogens is 306 g/mol. The zero-order valence-corrected chi connectivity index (χ0v) is 15.0. The first kappa shape index (κ1) is 16.6. The summed E-state index contributed by atoms with van der Waals surface area (Å²) in [6, 6.07) is 0.417. The lowest BCUT2D eigenvalue weighted by Crippen LogP contribution is -2.72. The van der Waals surface area contributed by atoms with Gasteiger partial charge in [-0.1, -0.05) is 6.42 Å². The lowest BCUT2D eigenvalue weighted by atomic mass is 9.46. The molecule has 1 spiro atoms. The third kappa shape index (κ3) is 2.72. The molecule has 0 bridgehead atoms. The van der Waals surface area contributed by atoms with E-state index in [0.29, 0.717) is 24.6 Å². The first-order valence-electron chi connectivity index (χ1n) is 9.51. The fourth-order valence-electron chi connectivity index (χ4n) is 5.34. The number of piperazine rings is 1. The van der Waals surface area contributed by atoms with Gasteiger partial charge in [-0.3, -0.25) is 4.90 Å². The van der Waals surface area contributed by atoms with Crippen LogP contribution in [0.3, 0.4) is 0 Å². The van der Waals surface area contributed by atoms with Crippen LogP contribution in [-0.2, 0) is 4.74 Å². The number of aliphatic hydroxyl groups is 1. The third-order valence-electron chi connectivity index (χ3n) is 6.59. The van der Waals surface area contributed by atoms with Gasteiger partial charge in [0.15, 0.2) is 0 Å². The highest BCUT2D eigenvalue weighted by molar-refractivity contribution is 5.75. The molecule has 0 aromatic heterocycles. The molecule has 0 aromatic carbocycles. The number of rotatable bonds is 3. The summed E-state index contributed by atoms with van der Waals surface area (Å²) in [5.74, 6) is 0.533. The SMILES string of the molecule is CC(C)(O)CN1CCN(C(=O)N[C@@H]2[C@H]3CCO[C@@H]3C23CCC3)CC1. The van der Waals surface area contributed by atoms with Crippen molar-refractivity contribution < 1.29 is 14.6 Å². The van der Waals surface area contributed by atoms with E-state index >= 15 is 0 Å². The summed E-state index contributed by atoms with van der Waals surface area (Å²) in [6.07, 6.45) is 5.18. The molecule has 2 saturated heterocycles. The van der Waals surface area contributed by atoms with Gasteiger partial charge in [-0.2, -0.15) is 0 Å². The van der Waals surface area contributed by atoms with Gasteiger partial charge in [0.2, 0.25) is 0 Å². The molecule has 2 aliphatic carbocycles. The molecule has 2 saturated carbocycles. The van der Waals surface area contributed by atoms with E-state index in [1.54, 1.807) is 0 Å². The number of carbonyl (C=O) groups excluding carboxylic acids is 1. The highest BCUT2D eigenvalue weighted by Gasteiger charge is 2.67. The monoisotopic (exact) mass is 337 g/mol. The zero-order chi connectivity index (χ0) is 16.9. The number of carbonyl (C=O) groups is 1. The van der Waals surface area contributed by atoms with Gasteiger partial charge in [-0.15, -0.1) is 0 Å². The number of hydrogen-bond donors (Lipinski definition) is 2. The maximum Gasteiger partial charge on any atom is 0.317 e. The number of ether oxygens (including phenoxy) is 1. The van der Waals surface area contributed by atoms with Crippen molar-refractivity contribution in [1.29, 1.82) is 0 Å². The van der Waals surface area contributed by atoms with Crippen LogP contribution in [0.1, 0.15) is 39.5 Å². The molecule has 2 amide bonds. The molecule has 6 heteroatoms. The number of β-amino-alcohol motifs (C(OH)–C–C–N with tert-alkyl or cyclic N) is 1. The Labute approximate surface area is 144 Å². The molecule has 6 nitrogen and oxygen atoms in total. The molecule has 0 aromatic rings. The van der Waals surface area contributed by atoms with Gasteiger partial charge in [0.05, 0.1) is 11.7 Å². The molecule has 2 aliphatic heterocycles. The van der Waals surface area contributed by atoms with E-state index in [-0.39, 0.29) is 11.4 Å². The minimum absolute atomic E-state index is 0.0968. The molecule has 136 valence electrons. The Hall–Kier alpha value is -0.850. The molecular formula is C18H31N3O3. The quantitative estimate of drug-likeness (QED) is 0.808. The van der Waals surface area contributed by atoms with E-state index in [1.807, 2.05) is 18.7 Å². The first-order valence-corrected chi connectivity index (χ1v) is 9.51. The van der Waals surface area contributed by atoms with E-state index in [4.69, 9.17) is 4.74 Å². The summed E-state index contributed by atoms with van der Waals surface area (Å²) >= 11 is 0. The van der Waals surface area contributed by atoms with Gasteiger partial charge >= 0.3 is 6.03 Å². The Morgan fingerprint density at radius 2 is 2.00 bits per heavy atom. The number of urea groups is 1. The van der Waals surface area contributed by atoms with Crippen LogP contribution in [0.4, 0.5) is 4.79 Å². The summed E-state index contributed by atoms with van der Waals surface area (Å²) in [4.78, 5) is 16.9. The smallest absolute Gasteiger partial charge is 0.317 e. The van der Waals surface area contributed by atoms with Crippen molar-refractivity contribution in [3.05, 3.63) is 0 Å². The van der Waals surface area contributed by atoms with Crippen LogP contribution < -0.4 is 5.32 Å². The van der Waals surface area contributed by atoms with Gasteiger partial charge in [0, 0.05) is 56.7 Å². The number of fused-ring (bicyclic) bond motifs is 2. The second-order valence-corrected chi connectivity index (χ2v) is 8.83. The number of hydrogen-bond acceptors (Lipinski definition) is 4. The molecule has 2 heterocycles. The maximum atomic E-state index is 12.7.